The molecule has 4 aromatic rings. The topological polar surface area (TPSA) is 77.1 Å². The molecule has 0 aliphatic rings. The van der Waals surface area contributed by atoms with Gasteiger partial charge in [-0.15, -0.1) is 28.2 Å². The first-order valence-corrected chi connectivity index (χ1v) is 11.2. The van der Waals surface area contributed by atoms with E-state index < -0.39 is 5.76 Å². The molecule has 1 N–H and O–H groups in total. The van der Waals surface area contributed by atoms with Crippen LogP contribution in [0.3, 0.4) is 0 Å². The summed E-state index contributed by atoms with van der Waals surface area (Å²) in [6.07, 6.45) is 0.119. The van der Waals surface area contributed by atoms with E-state index in [-0.39, 0.29) is 24.8 Å². The number of hydrogen-bond donors (Lipinski definition) is 1. The second-order valence-corrected chi connectivity index (χ2v) is 8.41. The Morgan fingerprint density at radius 3 is 2.67 bits per heavy atom. The van der Waals surface area contributed by atoms with Crippen molar-refractivity contribution >= 4 is 34.7 Å². The van der Waals surface area contributed by atoms with Crippen LogP contribution in [-0.2, 0) is 17.1 Å². The Bertz CT molecular complexity index is 1170. The average Bonchev–Trinajstić information content (AvgIpc) is 3.42. The molecule has 0 bridgehead atoms. The number of thiophene rings is 1. The highest BCUT2D eigenvalue weighted by atomic mass is 32.2. The molecule has 0 saturated carbocycles. The summed E-state index contributed by atoms with van der Waals surface area (Å²) in [5.74, 6) is 0.339. The lowest BCUT2D eigenvalue weighted by Gasteiger charge is -2.10. The van der Waals surface area contributed by atoms with Gasteiger partial charge in [-0.2, -0.15) is 4.68 Å². The SMILES string of the molecule is O=C(CCn1nc(-c2cccs2)oc1=O)Nc1ccccc1SCc1ccccc1. The molecular weight excluding hydrogens is 418 g/mol. The second kappa shape index (κ2) is 9.60. The molecule has 4 rings (SSSR count). The van der Waals surface area contributed by atoms with Crippen molar-refractivity contribution in [3.8, 4) is 10.8 Å². The Kier molecular flexibility index (Phi) is 6.46. The van der Waals surface area contributed by atoms with Crippen molar-refractivity contribution < 1.29 is 9.21 Å². The van der Waals surface area contributed by atoms with Crippen molar-refractivity contribution in [3.05, 3.63) is 88.2 Å². The smallest absolute Gasteiger partial charge is 0.387 e. The molecule has 8 heteroatoms. The number of carbonyl (C=O) groups is 1. The maximum absolute atomic E-state index is 12.5. The zero-order valence-electron chi connectivity index (χ0n) is 16.0. The highest BCUT2D eigenvalue weighted by Crippen LogP contribution is 2.30. The largest absolute Gasteiger partial charge is 0.437 e. The van der Waals surface area contributed by atoms with E-state index in [1.807, 2.05) is 60.0 Å². The lowest BCUT2D eigenvalue weighted by molar-refractivity contribution is -0.116. The monoisotopic (exact) mass is 437 g/mol. The number of para-hydroxylation sites is 1. The molecule has 6 nitrogen and oxygen atoms in total. The third kappa shape index (κ3) is 5.08. The number of thioether (sulfide) groups is 1. The molecule has 0 aliphatic heterocycles. The van der Waals surface area contributed by atoms with Gasteiger partial charge in [0.05, 0.1) is 17.1 Å². The van der Waals surface area contributed by atoms with Gasteiger partial charge in [0.1, 0.15) is 0 Å². The van der Waals surface area contributed by atoms with Gasteiger partial charge in [-0.3, -0.25) is 4.79 Å². The van der Waals surface area contributed by atoms with Crippen LogP contribution in [0.4, 0.5) is 5.69 Å². The number of amides is 1. The van der Waals surface area contributed by atoms with Crippen molar-refractivity contribution in [2.75, 3.05) is 5.32 Å². The van der Waals surface area contributed by atoms with Gasteiger partial charge in [-0.25, -0.2) is 4.79 Å². The fourth-order valence-electron chi connectivity index (χ4n) is 2.80. The normalized spacial score (nSPS) is 10.8. The Hall–Kier alpha value is -3.10. The summed E-state index contributed by atoms with van der Waals surface area (Å²) in [5, 5.41) is 9.00. The third-order valence-corrected chi connectivity index (χ3v) is 6.29. The number of benzene rings is 2. The molecular formula is C22H19N3O3S2. The number of nitrogens with one attached hydrogen (secondary N) is 1. The number of nitrogens with zero attached hydrogens (tertiary/aromatic N) is 2. The van der Waals surface area contributed by atoms with Crippen LogP contribution in [0.1, 0.15) is 12.0 Å². The summed E-state index contributed by atoms with van der Waals surface area (Å²) in [5.41, 5.74) is 1.98. The van der Waals surface area contributed by atoms with Crippen LogP contribution in [0.2, 0.25) is 0 Å². The number of rotatable bonds is 8. The molecule has 0 spiro atoms. The van der Waals surface area contributed by atoms with Gasteiger partial charge >= 0.3 is 5.76 Å². The van der Waals surface area contributed by atoms with Gasteiger partial charge in [0.15, 0.2) is 0 Å². The lowest BCUT2D eigenvalue weighted by Crippen LogP contribution is -2.21. The van der Waals surface area contributed by atoms with Gasteiger partial charge in [-0.1, -0.05) is 48.5 Å². The molecule has 1 amide bonds. The molecule has 0 aliphatic carbocycles. The van der Waals surface area contributed by atoms with Crippen LogP contribution < -0.4 is 11.1 Å². The van der Waals surface area contributed by atoms with Crippen LogP contribution in [0.15, 0.2) is 86.2 Å². The Morgan fingerprint density at radius 1 is 1.07 bits per heavy atom. The van der Waals surface area contributed by atoms with Gasteiger partial charge in [0.2, 0.25) is 5.91 Å². The third-order valence-electron chi connectivity index (χ3n) is 4.29. The molecule has 30 heavy (non-hydrogen) atoms. The molecule has 0 unspecified atom stereocenters. The van der Waals surface area contributed by atoms with Crippen LogP contribution in [-0.4, -0.2) is 15.7 Å². The quantitative estimate of drug-likeness (QED) is 0.397. The first-order valence-electron chi connectivity index (χ1n) is 9.36. The predicted molar refractivity (Wildman–Crippen MR) is 120 cm³/mol. The molecule has 0 saturated heterocycles. The minimum atomic E-state index is -0.565. The summed E-state index contributed by atoms with van der Waals surface area (Å²) in [6, 6.07) is 21.6. The van der Waals surface area contributed by atoms with Gasteiger partial charge in [0.25, 0.3) is 5.89 Å². The summed E-state index contributed by atoms with van der Waals surface area (Å²) in [6.45, 7) is 0.152. The van der Waals surface area contributed by atoms with E-state index in [1.165, 1.54) is 21.6 Å². The zero-order valence-corrected chi connectivity index (χ0v) is 17.6. The van der Waals surface area contributed by atoms with Crippen molar-refractivity contribution in [1.29, 1.82) is 0 Å². The molecule has 0 radical (unpaired) electrons. The molecule has 2 aromatic carbocycles. The van der Waals surface area contributed by atoms with Crippen LogP contribution in [0, 0.1) is 0 Å². The van der Waals surface area contributed by atoms with Gasteiger partial charge in [-0.05, 0) is 29.1 Å². The fraction of sp³-hybridized carbons (Fsp3) is 0.136. The van der Waals surface area contributed by atoms with E-state index in [2.05, 4.69) is 22.5 Å². The zero-order chi connectivity index (χ0) is 20.8. The minimum Gasteiger partial charge on any atom is -0.387 e. The first kappa shape index (κ1) is 20.2. The molecule has 0 atom stereocenters. The standard InChI is InChI=1S/C22H19N3O3S2/c26-20(12-13-25-22(27)28-21(24-25)19-11-6-14-29-19)23-17-9-4-5-10-18(17)30-15-16-7-2-1-3-8-16/h1-11,14H,12-13,15H2,(H,23,26). The number of anilines is 1. The number of aryl methyl sites for hydroxylation is 1. The van der Waals surface area contributed by atoms with E-state index in [0.29, 0.717) is 0 Å². The first-order chi connectivity index (χ1) is 14.7. The van der Waals surface area contributed by atoms with Crippen molar-refractivity contribution in [2.45, 2.75) is 23.6 Å². The maximum Gasteiger partial charge on any atom is 0.437 e. The Morgan fingerprint density at radius 2 is 1.87 bits per heavy atom. The minimum absolute atomic E-state index is 0.119. The van der Waals surface area contributed by atoms with Crippen molar-refractivity contribution in [2.24, 2.45) is 0 Å². The Labute approximate surface area is 181 Å². The summed E-state index contributed by atoms with van der Waals surface area (Å²) >= 11 is 3.10. The summed E-state index contributed by atoms with van der Waals surface area (Å²) in [4.78, 5) is 26.2. The van der Waals surface area contributed by atoms with E-state index in [4.69, 9.17) is 4.42 Å². The van der Waals surface area contributed by atoms with E-state index in [0.717, 1.165) is 21.2 Å². The van der Waals surface area contributed by atoms with Crippen molar-refractivity contribution in [3.63, 3.8) is 0 Å². The fourth-order valence-corrected chi connectivity index (χ4v) is 4.41. The lowest BCUT2D eigenvalue weighted by atomic mass is 10.2. The van der Waals surface area contributed by atoms with Crippen molar-refractivity contribution in [1.82, 2.24) is 9.78 Å². The highest BCUT2D eigenvalue weighted by molar-refractivity contribution is 7.98. The predicted octanol–water partition coefficient (Wildman–Crippen LogP) is 4.89. The van der Waals surface area contributed by atoms with E-state index in [9.17, 15) is 9.59 Å². The molecule has 0 fully saturated rings. The van der Waals surface area contributed by atoms with Crippen LogP contribution in [0.5, 0.6) is 0 Å². The van der Waals surface area contributed by atoms with Gasteiger partial charge < -0.3 is 9.73 Å². The maximum atomic E-state index is 12.5. The second-order valence-electron chi connectivity index (χ2n) is 6.44. The van der Waals surface area contributed by atoms with Gasteiger partial charge in [0, 0.05) is 17.1 Å². The van der Waals surface area contributed by atoms with E-state index in [1.54, 1.807) is 11.8 Å². The number of hydrogen-bond acceptors (Lipinski definition) is 6. The Balaban J connectivity index is 1.36. The molecule has 2 heterocycles. The highest BCUT2D eigenvalue weighted by Gasteiger charge is 2.13. The summed E-state index contributed by atoms with van der Waals surface area (Å²) < 4.78 is 6.36. The summed E-state index contributed by atoms with van der Waals surface area (Å²) in [7, 11) is 0. The van der Waals surface area contributed by atoms with Crippen LogP contribution in [0.25, 0.3) is 10.8 Å². The van der Waals surface area contributed by atoms with Crippen LogP contribution >= 0.6 is 23.1 Å². The number of carbonyl (C=O) groups excluding carboxylic acids is 1. The number of aromatic nitrogens is 2. The van der Waals surface area contributed by atoms with E-state index >= 15 is 0 Å². The average molecular weight is 438 g/mol. The molecule has 2 aromatic heterocycles. The molecule has 152 valence electrons.